The van der Waals surface area contributed by atoms with Crippen LogP contribution >= 0.6 is 0 Å². The molecule has 140 valence electrons. The Morgan fingerprint density at radius 2 is 1.83 bits per heavy atom. The molecular weight excluding hydrogens is 300 g/mol. The van der Waals surface area contributed by atoms with Crippen LogP contribution in [0.5, 0.6) is 0 Å². The third-order valence-electron chi connectivity index (χ3n) is 5.57. The standard InChI is InChI=1S/C19H38N4O/c1-17-9-7-11-22(15-17)12-8-10-20-18(24)21-16-19(2,3)23-13-5-4-6-14-23/h17H,4-16H2,1-3H3,(H2,20,21,24). The lowest BCUT2D eigenvalue weighted by Gasteiger charge is -2.41. The number of urea groups is 1. The first kappa shape index (κ1) is 19.5. The Labute approximate surface area is 148 Å². The summed E-state index contributed by atoms with van der Waals surface area (Å²) in [5, 5.41) is 6.07. The van der Waals surface area contributed by atoms with E-state index in [9.17, 15) is 4.79 Å². The van der Waals surface area contributed by atoms with E-state index in [2.05, 4.69) is 41.2 Å². The van der Waals surface area contributed by atoms with Gasteiger partial charge in [-0.05, 0) is 78.0 Å². The molecule has 0 aliphatic carbocycles. The fourth-order valence-electron chi connectivity index (χ4n) is 3.96. The number of nitrogens with one attached hydrogen (secondary N) is 2. The predicted molar refractivity (Wildman–Crippen MR) is 100 cm³/mol. The minimum atomic E-state index is -0.0212. The first-order valence-corrected chi connectivity index (χ1v) is 9.96. The molecule has 0 aromatic rings. The van der Waals surface area contributed by atoms with Crippen LogP contribution in [0.15, 0.2) is 0 Å². The predicted octanol–water partition coefficient (Wildman–Crippen LogP) is 2.67. The summed E-state index contributed by atoms with van der Waals surface area (Å²) in [7, 11) is 0. The number of piperidine rings is 2. The van der Waals surface area contributed by atoms with Gasteiger partial charge in [0, 0.05) is 25.2 Å². The molecule has 2 saturated heterocycles. The normalized spacial score (nSPS) is 23.9. The molecule has 2 amide bonds. The zero-order valence-corrected chi connectivity index (χ0v) is 16.1. The van der Waals surface area contributed by atoms with E-state index < -0.39 is 0 Å². The van der Waals surface area contributed by atoms with Gasteiger partial charge in [-0.2, -0.15) is 0 Å². The molecule has 2 fully saturated rings. The molecule has 2 heterocycles. The fraction of sp³-hybridized carbons (Fsp3) is 0.947. The summed E-state index contributed by atoms with van der Waals surface area (Å²) in [5.41, 5.74) is 0.0434. The van der Waals surface area contributed by atoms with Crippen molar-refractivity contribution < 1.29 is 4.79 Å². The van der Waals surface area contributed by atoms with Gasteiger partial charge in [-0.1, -0.05) is 13.3 Å². The Balaban J connectivity index is 1.56. The van der Waals surface area contributed by atoms with E-state index in [1.165, 1.54) is 45.2 Å². The van der Waals surface area contributed by atoms with E-state index >= 15 is 0 Å². The van der Waals surface area contributed by atoms with E-state index in [1.807, 2.05) is 0 Å². The van der Waals surface area contributed by atoms with Gasteiger partial charge in [-0.3, -0.25) is 4.90 Å². The van der Waals surface area contributed by atoms with Gasteiger partial charge in [0.15, 0.2) is 0 Å². The summed E-state index contributed by atoms with van der Waals surface area (Å²) in [4.78, 5) is 17.1. The molecule has 1 unspecified atom stereocenters. The van der Waals surface area contributed by atoms with Gasteiger partial charge in [-0.25, -0.2) is 4.79 Å². The summed E-state index contributed by atoms with van der Waals surface area (Å²) in [6, 6.07) is -0.0212. The van der Waals surface area contributed by atoms with E-state index in [4.69, 9.17) is 0 Å². The van der Waals surface area contributed by atoms with E-state index in [0.29, 0.717) is 6.54 Å². The van der Waals surface area contributed by atoms with Crippen LogP contribution in [0.1, 0.15) is 59.3 Å². The summed E-state index contributed by atoms with van der Waals surface area (Å²) in [5.74, 6) is 0.826. The highest BCUT2D eigenvalue weighted by Crippen LogP contribution is 2.19. The van der Waals surface area contributed by atoms with Gasteiger partial charge >= 0.3 is 6.03 Å². The van der Waals surface area contributed by atoms with E-state index in [-0.39, 0.29) is 11.6 Å². The zero-order chi connectivity index (χ0) is 17.4. The van der Waals surface area contributed by atoms with Crippen molar-refractivity contribution in [3.05, 3.63) is 0 Å². The molecular formula is C19H38N4O. The van der Waals surface area contributed by atoms with Crippen LogP contribution in [0.2, 0.25) is 0 Å². The smallest absolute Gasteiger partial charge is 0.314 e. The van der Waals surface area contributed by atoms with E-state index in [1.54, 1.807) is 0 Å². The molecule has 0 bridgehead atoms. The van der Waals surface area contributed by atoms with Gasteiger partial charge in [0.2, 0.25) is 0 Å². The van der Waals surface area contributed by atoms with Crippen LogP contribution < -0.4 is 10.6 Å². The molecule has 0 saturated carbocycles. The number of hydrogen-bond donors (Lipinski definition) is 2. The molecule has 2 aliphatic rings. The Hall–Kier alpha value is -0.810. The van der Waals surface area contributed by atoms with Crippen LogP contribution in [-0.2, 0) is 0 Å². The largest absolute Gasteiger partial charge is 0.338 e. The van der Waals surface area contributed by atoms with Gasteiger partial charge in [0.25, 0.3) is 0 Å². The number of rotatable bonds is 7. The van der Waals surface area contributed by atoms with Crippen molar-refractivity contribution in [2.75, 3.05) is 45.8 Å². The highest BCUT2D eigenvalue weighted by atomic mass is 16.2. The van der Waals surface area contributed by atoms with Gasteiger partial charge in [0.05, 0.1) is 0 Å². The summed E-state index contributed by atoms with van der Waals surface area (Å²) in [6.07, 6.45) is 7.63. The highest BCUT2D eigenvalue weighted by molar-refractivity contribution is 5.73. The van der Waals surface area contributed by atoms with E-state index in [0.717, 1.165) is 38.5 Å². The second-order valence-corrected chi connectivity index (χ2v) is 8.37. The average molecular weight is 339 g/mol. The average Bonchev–Trinajstić information content (AvgIpc) is 2.58. The summed E-state index contributed by atoms with van der Waals surface area (Å²) < 4.78 is 0. The lowest BCUT2D eigenvalue weighted by Crippen LogP contribution is -2.54. The number of likely N-dealkylation sites (tertiary alicyclic amines) is 2. The molecule has 2 aliphatic heterocycles. The minimum absolute atomic E-state index is 0.0212. The van der Waals surface area contributed by atoms with Crippen LogP contribution in [0.3, 0.4) is 0 Å². The minimum Gasteiger partial charge on any atom is -0.338 e. The topological polar surface area (TPSA) is 47.6 Å². The molecule has 24 heavy (non-hydrogen) atoms. The molecule has 0 aromatic carbocycles. The van der Waals surface area contributed by atoms with Crippen LogP contribution in [0.25, 0.3) is 0 Å². The molecule has 1 atom stereocenters. The SMILES string of the molecule is CC1CCCN(CCCNC(=O)NCC(C)(C)N2CCCCC2)C1. The van der Waals surface area contributed by atoms with Crippen molar-refractivity contribution >= 4 is 6.03 Å². The third kappa shape index (κ3) is 6.60. The lowest BCUT2D eigenvalue weighted by molar-refractivity contribution is 0.0960. The van der Waals surface area contributed by atoms with Crippen LogP contribution in [0.4, 0.5) is 4.79 Å². The Kier molecular flexibility index (Phi) is 7.82. The Bertz CT molecular complexity index is 380. The Morgan fingerprint density at radius 3 is 2.54 bits per heavy atom. The number of carbonyl (C=O) groups excluding carboxylic acids is 1. The summed E-state index contributed by atoms with van der Waals surface area (Å²) >= 11 is 0. The number of hydrogen-bond acceptors (Lipinski definition) is 3. The number of carbonyl (C=O) groups is 1. The van der Waals surface area contributed by atoms with Crippen molar-refractivity contribution in [3.8, 4) is 0 Å². The van der Waals surface area contributed by atoms with Crippen molar-refractivity contribution in [2.24, 2.45) is 5.92 Å². The number of nitrogens with zero attached hydrogens (tertiary/aromatic N) is 2. The molecule has 5 heteroatoms. The maximum absolute atomic E-state index is 12.0. The quantitative estimate of drug-likeness (QED) is 0.702. The maximum atomic E-state index is 12.0. The van der Waals surface area contributed by atoms with Crippen molar-refractivity contribution in [3.63, 3.8) is 0 Å². The Morgan fingerprint density at radius 1 is 1.08 bits per heavy atom. The molecule has 2 N–H and O–H groups in total. The first-order chi connectivity index (χ1) is 11.5. The maximum Gasteiger partial charge on any atom is 0.314 e. The molecule has 0 spiro atoms. The second kappa shape index (κ2) is 9.62. The van der Waals surface area contributed by atoms with Crippen LogP contribution in [0, 0.1) is 5.92 Å². The first-order valence-electron chi connectivity index (χ1n) is 9.96. The summed E-state index contributed by atoms with van der Waals surface area (Å²) in [6.45, 7) is 14.1. The van der Waals surface area contributed by atoms with Crippen molar-refractivity contribution in [1.82, 2.24) is 20.4 Å². The second-order valence-electron chi connectivity index (χ2n) is 8.37. The highest BCUT2D eigenvalue weighted by Gasteiger charge is 2.28. The van der Waals surface area contributed by atoms with Crippen molar-refractivity contribution in [2.45, 2.75) is 64.8 Å². The van der Waals surface area contributed by atoms with Gasteiger partial charge < -0.3 is 15.5 Å². The lowest BCUT2D eigenvalue weighted by atomic mass is 9.98. The van der Waals surface area contributed by atoms with Gasteiger partial charge in [0.1, 0.15) is 0 Å². The fourth-order valence-corrected chi connectivity index (χ4v) is 3.96. The molecule has 0 aromatic heterocycles. The third-order valence-corrected chi connectivity index (χ3v) is 5.57. The molecule has 5 nitrogen and oxygen atoms in total. The molecule has 0 radical (unpaired) electrons. The van der Waals surface area contributed by atoms with Crippen molar-refractivity contribution in [1.29, 1.82) is 0 Å². The monoisotopic (exact) mass is 338 g/mol. The van der Waals surface area contributed by atoms with Gasteiger partial charge in [-0.15, -0.1) is 0 Å². The number of amides is 2. The zero-order valence-electron chi connectivity index (χ0n) is 16.1. The molecule has 2 rings (SSSR count). The van der Waals surface area contributed by atoms with Crippen LogP contribution in [-0.4, -0.2) is 67.2 Å².